The molecule has 0 aromatic rings. The second kappa shape index (κ2) is 5.42. The lowest BCUT2D eigenvalue weighted by molar-refractivity contribution is 0.301. The highest BCUT2D eigenvalue weighted by Gasteiger charge is 2.39. The summed E-state index contributed by atoms with van der Waals surface area (Å²) in [7, 11) is 0. The van der Waals surface area contributed by atoms with E-state index in [1.54, 1.807) is 11.1 Å². The minimum atomic E-state index is -0.587. The minimum absolute atomic E-state index is 0.587. The first kappa shape index (κ1) is 13.4. The molecule has 0 aromatic heterocycles. The number of hydrogen-bond acceptors (Lipinski definition) is 0. The number of rotatable bonds is 3. The van der Waals surface area contributed by atoms with Crippen LogP contribution >= 0.6 is 0 Å². The van der Waals surface area contributed by atoms with Gasteiger partial charge in [0.2, 0.25) is 0 Å². The van der Waals surface area contributed by atoms with Crippen molar-refractivity contribution in [3.8, 4) is 0 Å². The van der Waals surface area contributed by atoms with E-state index in [2.05, 4.69) is 19.9 Å². The van der Waals surface area contributed by atoms with E-state index in [-0.39, 0.29) is 0 Å². The summed E-state index contributed by atoms with van der Waals surface area (Å²) < 4.78 is 13.3. The molecule has 1 unspecified atom stereocenters. The van der Waals surface area contributed by atoms with Gasteiger partial charge in [0.25, 0.3) is 0 Å². The molecule has 3 aliphatic rings. The standard InChI is InChI=1S/C18H27F/c1-3-13-10-12(2)18(17(11-13)14-4-5-14)15-6-8-16(19)9-7-15/h6,13-14,16-17H,3-5,7-11H2,1-2H3/t13?,16-,17+/m0/s1. The van der Waals surface area contributed by atoms with E-state index in [4.69, 9.17) is 0 Å². The van der Waals surface area contributed by atoms with Gasteiger partial charge in [-0.15, -0.1) is 0 Å². The Kier molecular flexibility index (Phi) is 3.82. The second-order valence-corrected chi connectivity index (χ2v) is 6.95. The van der Waals surface area contributed by atoms with Gasteiger partial charge in [0.1, 0.15) is 6.17 Å². The molecule has 1 fully saturated rings. The monoisotopic (exact) mass is 262 g/mol. The third kappa shape index (κ3) is 2.80. The molecule has 0 radical (unpaired) electrons. The maximum absolute atomic E-state index is 13.3. The Morgan fingerprint density at radius 2 is 2.05 bits per heavy atom. The van der Waals surface area contributed by atoms with E-state index in [0.717, 1.165) is 30.6 Å². The number of hydrogen-bond donors (Lipinski definition) is 0. The van der Waals surface area contributed by atoms with E-state index >= 15 is 0 Å². The summed E-state index contributed by atoms with van der Waals surface area (Å²) in [6.07, 6.45) is 10.9. The Bertz CT molecular complexity index is 400. The van der Waals surface area contributed by atoms with Gasteiger partial charge >= 0.3 is 0 Å². The first-order chi connectivity index (χ1) is 9.19. The van der Waals surface area contributed by atoms with Crippen LogP contribution in [0.2, 0.25) is 0 Å². The van der Waals surface area contributed by atoms with Crippen LogP contribution in [0.15, 0.2) is 22.8 Å². The first-order valence-corrected chi connectivity index (χ1v) is 8.22. The Morgan fingerprint density at radius 3 is 2.63 bits per heavy atom. The number of alkyl halides is 1. The van der Waals surface area contributed by atoms with Crippen LogP contribution in [0, 0.1) is 17.8 Å². The van der Waals surface area contributed by atoms with Crippen molar-refractivity contribution >= 4 is 0 Å². The van der Waals surface area contributed by atoms with Crippen molar-refractivity contribution < 1.29 is 4.39 Å². The lowest BCUT2D eigenvalue weighted by Gasteiger charge is -2.35. The molecule has 3 rings (SSSR count). The molecule has 0 amide bonds. The summed E-state index contributed by atoms with van der Waals surface area (Å²) >= 11 is 0. The molecular formula is C18H27F. The fraction of sp³-hybridized carbons (Fsp3) is 0.778. The molecule has 1 saturated carbocycles. The van der Waals surface area contributed by atoms with Gasteiger partial charge in [-0.3, -0.25) is 0 Å². The topological polar surface area (TPSA) is 0 Å². The lowest BCUT2D eigenvalue weighted by Crippen LogP contribution is -2.22. The molecule has 0 bridgehead atoms. The van der Waals surface area contributed by atoms with E-state index in [0.29, 0.717) is 6.42 Å². The zero-order valence-corrected chi connectivity index (χ0v) is 12.4. The molecule has 0 spiro atoms. The van der Waals surface area contributed by atoms with Gasteiger partial charge in [-0.25, -0.2) is 4.39 Å². The summed E-state index contributed by atoms with van der Waals surface area (Å²) in [6.45, 7) is 4.68. The van der Waals surface area contributed by atoms with Gasteiger partial charge < -0.3 is 0 Å². The maximum Gasteiger partial charge on any atom is 0.104 e. The van der Waals surface area contributed by atoms with Crippen LogP contribution in [-0.4, -0.2) is 6.17 Å². The highest BCUT2D eigenvalue weighted by atomic mass is 19.1. The molecule has 0 saturated heterocycles. The highest BCUT2D eigenvalue weighted by Crippen LogP contribution is 2.51. The van der Waals surface area contributed by atoms with Crippen molar-refractivity contribution in [2.45, 2.75) is 71.4 Å². The zero-order valence-electron chi connectivity index (χ0n) is 12.4. The molecule has 0 aliphatic heterocycles. The lowest BCUT2D eigenvalue weighted by atomic mass is 9.70. The molecule has 1 heteroatoms. The molecule has 0 aromatic carbocycles. The molecule has 3 atom stereocenters. The van der Waals surface area contributed by atoms with E-state index < -0.39 is 6.17 Å². The van der Waals surface area contributed by atoms with Crippen LogP contribution in [0.25, 0.3) is 0 Å². The molecule has 19 heavy (non-hydrogen) atoms. The quantitative estimate of drug-likeness (QED) is 0.621. The summed E-state index contributed by atoms with van der Waals surface area (Å²) in [5, 5.41) is 0. The van der Waals surface area contributed by atoms with E-state index in [1.807, 2.05) is 0 Å². The Hall–Kier alpha value is -0.590. The molecule has 0 heterocycles. The Morgan fingerprint density at radius 1 is 1.26 bits per heavy atom. The fourth-order valence-corrected chi connectivity index (χ4v) is 4.22. The summed E-state index contributed by atoms with van der Waals surface area (Å²) in [4.78, 5) is 0. The average Bonchev–Trinajstić information content (AvgIpc) is 3.23. The van der Waals surface area contributed by atoms with Crippen LogP contribution < -0.4 is 0 Å². The Labute approximate surface area is 117 Å². The van der Waals surface area contributed by atoms with E-state index in [9.17, 15) is 4.39 Å². The predicted octanol–water partition coefficient (Wildman–Crippen LogP) is 5.60. The van der Waals surface area contributed by atoms with Gasteiger partial charge in [0.05, 0.1) is 0 Å². The molecule has 0 nitrogen and oxygen atoms in total. The van der Waals surface area contributed by atoms with Crippen molar-refractivity contribution in [3.63, 3.8) is 0 Å². The number of halogens is 1. The maximum atomic E-state index is 13.3. The molecule has 106 valence electrons. The fourth-order valence-electron chi connectivity index (χ4n) is 4.22. The van der Waals surface area contributed by atoms with Crippen molar-refractivity contribution in [3.05, 3.63) is 22.8 Å². The van der Waals surface area contributed by atoms with Crippen molar-refractivity contribution in [2.75, 3.05) is 0 Å². The first-order valence-electron chi connectivity index (χ1n) is 8.22. The minimum Gasteiger partial charge on any atom is -0.247 e. The van der Waals surface area contributed by atoms with Crippen molar-refractivity contribution in [1.29, 1.82) is 0 Å². The van der Waals surface area contributed by atoms with Crippen LogP contribution in [0.4, 0.5) is 4.39 Å². The normalized spacial score (nSPS) is 36.4. The van der Waals surface area contributed by atoms with Crippen LogP contribution in [0.5, 0.6) is 0 Å². The van der Waals surface area contributed by atoms with Crippen LogP contribution in [-0.2, 0) is 0 Å². The van der Waals surface area contributed by atoms with Gasteiger partial charge in [0, 0.05) is 0 Å². The third-order valence-corrected chi connectivity index (χ3v) is 5.47. The SMILES string of the molecule is CCC1CC(C)=C(C2=CC[C@H](F)CC2)[C@@H](C2CC2)C1. The zero-order chi connectivity index (χ0) is 13.4. The van der Waals surface area contributed by atoms with Gasteiger partial charge in [0.15, 0.2) is 0 Å². The highest BCUT2D eigenvalue weighted by molar-refractivity contribution is 5.40. The third-order valence-electron chi connectivity index (χ3n) is 5.47. The summed E-state index contributed by atoms with van der Waals surface area (Å²) in [6, 6.07) is 0. The van der Waals surface area contributed by atoms with Gasteiger partial charge in [-0.05, 0) is 80.8 Å². The molecular weight excluding hydrogens is 235 g/mol. The predicted molar refractivity (Wildman–Crippen MR) is 78.8 cm³/mol. The summed E-state index contributed by atoms with van der Waals surface area (Å²) in [5.74, 6) is 2.65. The van der Waals surface area contributed by atoms with Crippen LogP contribution in [0.3, 0.4) is 0 Å². The average molecular weight is 262 g/mol. The van der Waals surface area contributed by atoms with Crippen LogP contribution in [0.1, 0.15) is 65.2 Å². The van der Waals surface area contributed by atoms with Gasteiger partial charge in [-0.1, -0.05) is 25.0 Å². The largest absolute Gasteiger partial charge is 0.247 e. The van der Waals surface area contributed by atoms with Crippen molar-refractivity contribution in [2.24, 2.45) is 17.8 Å². The molecule has 3 aliphatic carbocycles. The summed E-state index contributed by atoms with van der Waals surface area (Å²) in [5.41, 5.74) is 4.80. The van der Waals surface area contributed by atoms with Crippen molar-refractivity contribution in [1.82, 2.24) is 0 Å². The second-order valence-electron chi connectivity index (χ2n) is 6.95. The smallest absolute Gasteiger partial charge is 0.104 e. The number of allylic oxidation sites excluding steroid dienone is 4. The molecule has 0 N–H and O–H groups in total. The Balaban J connectivity index is 1.87. The van der Waals surface area contributed by atoms with E-state index in [1.165, 1.54) is 37.7 Å². The van der Waals surface area contributed by atoms with Gasteiger partial charge in [-0.2, -0.15) is 0 Å².